The summed E-state index contributed by atoms with van der Waals surface area (Å²) in [7, 11) is 1.76. The van der Waals surface area contributed by atoms with Crippen LogP contribution in [-0.4, -0.2) is 27.1 Å². The highest BCUT2D eigenvalue weighted by Gasteiger charge is 2.43. The first kappa shape index (κ1) is 16.2. The number of hydrogen-bond donors (Lipinski definition) is 2. The van der Waals surface area contributed by atoms with Gasteiger partial charge in [0.25, 0.3) is 5.91 Å². The molecule has 0 unspecified atom stereocenters. The SMILES string of the molecule is Cc1ccc2c(c1)c(=O)c(C(=O)NC1(C(=O)O)CCCC1)cn2C. The van der Waals surface area contributed by atoms with Crippen molar-refractivity contribution in [2.75, 3.05) is 0 Å². The summed E-state index contributed by atoms with van der Waals surface area (Å²) >= 11 is 0. The average Bonchev–Trinajstić information content (AvgIpc) is 3.00. The van der Waals surface area contributed by atoms with Crippen LogP contribution in [0.25, 0.3) is 10.9 Å². The van der Waals surface area contributed by atoms with E-state index in [1.165, 1.54) is 6.20 Å². The lowest BCUT2D eigenvalue weighted by Crippen LogP contribution is -2.53. The molecule has 0 atom stereocenters. The minimum atomic E-state index is -1.26. The lowest BCUT2D eigenvalue weighted by Gasteiger charge is -2.25. The van der Waals surface area contributed by atoms with Crippen LogP contribution in [0.4, 0.5) is 0 Å². The van der Waals surface area contributed by atoms with Gasteiger partial charge >= 0.3 is 5.97 Å². The molecule has 1 fully saturated rings. The monoisotopic (exact) mass is 328 g/mol. The number of carboxylic acid groups (broad SMARTS) is 1. The summed E-state index contributed by atoms with van der Waals surface area (Å²) in [5.41, 5.74) is 0.000741. The van der Waals surface area contributed by atoms with Gasteiger partial charge < -0.3 is 15.0 Å². The van der Waals surface area contributed by atoms with Gasteiger partial charge in [-0.2, -0.15) is 0 Å². The first-order chi connectivity index (χ1) is 11.3. The Morgan fingerprint density at radius 2 is 1.92 bits per heavy atom. The molecule has 0 aliphatic heterocycles. The van der Waals surface area contributed by atoms with Crippen LogP contribution in [0.5, 0.6) is 0 Å². The van der Waals surface area contributed by atoms with Gasteiger partial charge in [0.1, 0.15) is 11.1 Å². The molecule has 1 aliphatic carbocycles. The van der Waals surface area contributed by atoms with E-state index in [4.69, 9.17) is 0 Å². The molecule has 1 aromatic heterocycles. The van der Waals surface area contributed by atoms with Gasteiger partial charge in [0.2, 0.25) is 5.43 Å². The molecule has 6 nitrogen and oxygen atoms in total. The summed E-state index contributed by atoms with van der Waals surface area (Å²) in [6.45, 7) is 1.88. The fraction of sp³-hybridized carbons (Fsp3) is 0.389. The molecule has 1 amide bonds. The number of nitrogens with one attached hydrogen (secondary N) is 1. The first-order valence-corrected chi connectivity index (χ1v) is 8.00. The highest BCUT2D eigenvalue weighted by molar-refractivity contribution is 6.00. The Morgan fingerprint density at radius 1 is 1.25 bits per heavy atom. The van der Waals surface area contributed by atoms with Crippen LogP contribution < -0.4 is 10.7 Å². The van der Waals surface area contributed by atoms with Gasteiger partial charge in [-0.25, -0.2) is 4.79 Å². The number of fused-ring (bicyclic) bond motifs is 1. The number of amides is 1. The largest absolute Gasteiger partial charge is 0.480 e. The molecular formula is C18H20N2O4. The summed E-state index contributed by atoms with van der Waals surface area (Å²) in [6.07, 6.45) is 3.75. The normalized spacial score (nSPS) is 16.2. The molecule has 0 bridgehead atoms. The molecule has 1 saturated carbocycles. The van der Waals surface area contributed by atoms with Crippen LogP contribution >= 0.6 is 0 Å². The summed E-state index contributed by atoms with van der Waals surface area (Å²) in [6, 6.07) is 5.49. The molecule has 2 aromatic rings. The maximum absolute atomic E-state index is 12.7. The van der Waals surface area contributed by atoms with Gasteiger partial charge in [0.05, 0.1) is 5.52 Å². The molecule has 1 heterocycles. The molecular weight excluding hydrogens is 308 g/mol. The van der Waals surface area contributed by atoms with Gasteiger partial charge in [-0.15, -0.1) is 0 Å². The van der Waals surface area contributed by atoms with Crippen LogP contribution in [0.2, 0.25) is 0 Å². The third kappa shape index (κ3) is 2.58. The van der Waals surface area contributed by atoms with Crippen molar-refractivity contribution in [3.8, 4) is 0 Å². The molecule has 0 spiro atoms. The van der Waals surface area contributed by atoms with Crippen LogP contribution in [0.3, 0.4) is 0 Å². The molecule has 1 aliphatic rings. The van der Waals surface area contributed by atoms with Gasteiger partial charge in [-0.3, -0.25) is 9.59 Å². The fourth-order valence-electron chi connectivity index (χ4n) is 3.42. The molecule has 2 N–H and O–H groups in total. The zero-order valence-electron chi connectivity index (χ0n) is 13.8. The van der Waals surface area contributed by atoms with Crippen molar-refractivity contribution >= 4 is 22.8 Å². The lowest BCUT2D eigenvalue weighted by atomic mass is 9.97. The molecule has 3 rings (SSSR count). The number of pyridine rings is 1. The second-order valence-electron chi connectivity index (χ2n) is 6.55. The van der Waals surface area contributed by atoms with E-state index in [1.54, 1.807) is 17.7 Å². The van der Waals surface area contributed by atoms with E-state index in [-0.39, 0.29) is 11.0 Å². The smallest absolute Gasteiger partial charge is 0.329 e. The molecule has 24 heavy (non-hydrogen) atoms. The minimum absolute atomic E-state index is 0.0249. The fourth-order valence-corrected chi connectivity index (χ4v) is 3.42. The number of carbonyl (C=O) groups is 2. The Balaban J connectivity index is 2.06. The molecule has 0 saturated heterocycles. The van der Waals surface area contributed by atoms with E-state index >= 15 is 0 Å². The van der Waals surface area contributed by atoms with Crippen LogP contribution in [0.1, 0.15) is 41.6 Å². The number of rotatable bonds is 3. The van der Waals surface area contributed by atoms with E-state index in [0.29, 0.717) is 18.2 Å². The Bertz CT molecular complexity index is 892. The van der Waals surface area contributed by atoms with Crippen molar-refractivity contribution in [1.29, 1.82) is 0 Å². The van der Waals surface area contributed by atoms with Crippen molar-refractivity contribution in [2.24, 2.45) is 7.05 Å². The van der Waals surface area contributed by atoms with E-state index < -0.39 is 17.4 Å². The summed E-state index contributed by atoms with van der Waals surface area (Å²) < 4.78 is 1.72. The molecule has 6 heteroatoms. The second kappa shape index (κ2) is 5.78. The van der Waals surface area contributed by atoms with Crippen molar-refractivity contribution in [1.82, 2.24) is 9.88 Å². The van der Waals surface area contributed by atoms with Crippen molar-refractivity contribution in [2.45, 2.75) is 38.1 Å². The average molecular weight is 328 g/mol. The Morgan fingerprint density at radius 3 is 2.54 bits per heavy atom. The number of benzene rings is 1. The number of aromatic nitrogens is 1. The maximum atomic E-state index is 12.7. The highest BCUT2D eigenvalue weighted by Crippen LogP contribution is 2.30. The predicted molar refractivity (Wildman–Crippen MR) is 90.2 cm³/mol. The number of aryl methyl sites for hydroxylation is 2. The first-order valence-electron chi connectivity index (χ1n) is 8.00. The zero-order chi connectivity index (χ0) is 17.5. The van der Waals surface area contributed by atoms with Crippen LogP contribution in [0.15, 0.2) is 29.2 Å². The number of aliphatic carboxylic acids is 1. The zero-order valence-corrected chi connectivity index (χ0v) is 13.8. The minimum Gasteiger partial charge on any atom is -0.480 e. The summed E-state index contributed by atoms with van der Waals surface area (Å²) in [4.78, 5) is 36.9. The lowest BCUT2D eigenvalue weighted by molar-refractivity contribution is -0.144. The number of carboxylic acids is 1. The van der Waals surface area contributed by atoms with E-state index in [0.717, 1.165) is 23.9 Å². The quantitative estimate of drug-likeness (QED) is 0.901. The number of carbonyl (C=O) groups excluding carboxylic acids is 1. The van der Waals surface area contributed by atoms with Crippen LogP contribution in [-0.2, 0) is 11.8 Å². The van der Waals surface area contributed by atoms with E-state index in [9.17, 15) is 19.5 Å². The van der Waals surface area contributed by atoms with Gasteiger partial charge in [0.15, 0.2) is 0 Å². The number of nitrogens with zero attached hydrogens (tertiary/aromatic N) is 1. The summed E-state index contributed by atoms with van der Waals surface area (Å²) in [5.74, 6) is -1.66. The van der Waals surface area contributed by atoms with Crippen molar-refractivity contribution < 1.29 is 14.7 Å². The van der Waals surface area contributed by atoms with Gasteiger partial charge in [0, 0.05) is 18.6 Å². The maximum Gasteiger partial charge on any atom is 0.329 e. The Hall–Kier alpha value is -2.63. The standard InChI is InChI=1S/C18H20N2O4/c1-11-5-6-14-12(9-11)15(21)13(10-20(14)2)16(22)19-18(17(23)24)7-3-4-8-18/h5-6,9-10H,3-4,7-8H2,1-2H3,(H,19,22)(H,23,24). The topological polar surface area (TPSA) is 88.4 Å². The second-order valence-corrected chi connectivity index (χ2v) is 6.55. The third-order valence-corrected chi connectivity index (χ3v) is 4.81. The Labute approximate surface area is 139 Å². The van der Waals surface area contributed by atoms with Crippen LogP contribution in [0, 0.1) is 6.92 Å². The van der Waals surface area contributed by atoms with Crippen molar-refractivity contribution in [3.63, 3.8) is 0 Å². The van der Waals surface area contributed by atoms with Crippen molar-refractivity contribution in [3.05, 3.63) is 45.7 Å². The summed E-state index contributed by atoms with van der Waals surface area (Å²) in [5, 5.41) is 12.6. The Kier molecular flexibility index (Phi) is 3.91. The van der Waals surface area contributed by atoms with Gasteiger partial charge in [-0.05, 0) is 31.9 Å². The van der Waals surface area contributed by atoms with Gasteiger partial charge in [-0.1, -0.05) is 24.5 Å². The predicted octanol–water partition coefficient (Wildman–Crippen LogP) is 1.97. The molecule has 126 valence electrons. The molecule has 0 radical (unpaired) electrons. The third-order valence-electron chi connectivity index (χ3n) is 4.81. The van der Waals surface area contributed by atoms with E-state index in [1.807, 2.05) is 19.1 Å². The van der Waals surface area contributed by atoms with E-state index in [2.05, 4.69) is 5.32 Å². The highest BCUT2D eigenvalue weighted by atomic mass is 16.4. The molecule has 1 aromatic carbocycles. The number of hydrogen-bond acceptors (Lipinski definition) is 3.